The summed E-state index contributed by atoms with van der Waals surface area (Å²) in [5.74, 6) is -0.604. The first-order valence-corrected chi connectivity index (χ1v) is 10.9. The summed E-state index contributed by atoms with van der Waals surface area (Å²) in [5, 5.41) is 13.2. The van der Waals surface area contributed by atoms with E-state index < -0.39 is 29.7 Å². The molecule has 0 aliphatic carbocycles. The number of nitrogens with one attached hydrogen (secondary N) is 1. The van der Waals surface area contributed by atoms with E-state index in [0.29, 0.717) is 16.8 Å². The van der Waals surface area contributed by atoms with Crippen molar-refractivity contribution in [3.05, 3.63) is 88.3 Å². The van der Waals surface area contributed by atoms with Crippen molar-refractivity contribution >= 4 is 17.7 Å². The zero-order valence-electron chi connectivity index (χ0n) is 18.8. The van der Waals surface area contributed by atoms with E-state index in [9.17, 15) is 18.7 Å². The van der Waals surface area contributed by atoms with Gasteiger partial charge in [0.05, 0.1) is 21.9 Å². The van der Waals surface area contributed by atoms with Crippen LogP contribution in [0.4, 0.5) is 13.6 Å². The maximum atomic E-state index is 14.4. The van der Waals surface area contributed by atoms with Crippen LogP contribution in [0.15, 0.2) is 60.7 Å². The third kappa shape index (κ3) is 5.88. The first-order chi connectivity index (χ1) is 16.1. The molecule has 34 heavy (non-hydrogen) atoms. The summed E-state index contributed by atoms with van der Waals surface area (Å²) in [4.78, 5) is 16.9. The molecule has 0 spiro atoms. The lowest BCUT2D eigenvalue weighted by Crippen LogP contribution is -2.46. The standard InChI is InChI=1S/C25H26ClF2N3O3/c1-24(14-27,31-23(32)34-13-16-6-4-3-5-7-16)18-11-21(17-8-9-20(28)19(26)10-17)30-22(12-18)25(2,33)15-29/h3-12,33H,13-15,29H2,1-2H3,(H,31,32). The number of pyridine rings is 1. The van der Waals surface area contributed by atoms with Crippen LogP contribution in [0.3, 0.4) is 0 Å². The number of benzene rings is 2. The van der Waals surface area contributed by atoms with Crippen molar-refractivity contribution < 1.29 is 23.4 Å². The molecule has 1 aromatic heterocycles. The van der Waals surface area contributed by atoms with Crippen molar-refractivity contribution in [3.8, 4) is 11.3 Å². The number of amides is 1. The third-order valence-corrected chi connectivity index (χ3v) is 5.77. The summed E-state index contributed by atoms with van der Waals surface area (Å²) >= 11 is 5.93. The molecule has 2 atom stereocenters. The van der Waals surface area contributed by atoms with Gasteiger partial charge in [-0.3, -0.25) is 0 Å². The Morgan fingerprint density at radius 2 is 1.88 bits per heavy atom. The number of ether oxygens (including phenoxy) is 1. The lowest BCUT2D eigenvalue weighted by Gasteiger charge is -2.30. The molecule has 3 aromatic rings. The van der Waals surface area contributed by atoms with Crippen molar-refractivity contribution in [3.63, 3.8) is 0 Å². The number of alkyl carbamates (subject to hydrolysis) is 1. The second kappa shape index (κ2) is 10.5. The highest BCUT2D eigenvalue weighted by Gasteiger charge is 2.33. The fourth-order valence-corrected chi connectivity index (χ4v) is 3.38. The van der Waals surface area contributed by atoms with Gasteiger partial charge in [0.25, 0.3) is 0 Å². The number of carbonyl (C=O) groups excluding carboxylic acids is 1. The fourth-order valence-electron chi connectivity index (χ4n) is 3.20. The van der Waals surface area contributed by atoms with E-state index in [-0.39, 0.29) is 23.9 Å². The van der Waals surface area contributed by atoms with Gasteiger partial charge < -0.3 is 20.9 Å². The first-order valence-electron chi connectivity index (χ1n) is 10.5. The molecular weight excluding hydrogens is 464 g/mol. The summed E-state index contributed by atoms with van der Waals surface area (Å²) in [7, 11) is 0. The Balaban J connectivity index is 1.97. The third-order valence-electron chi connectivity index (χ3n) is 5.49. The molecular formula is C25H26ClF2N3O3. The monoisotopic (exact) mass is 489 g/mol. The lowest BCUT2D eigenvalue weighted by molar-refractivity contribution is 0.0620. The topological polar surface area (TPSA) is 97.5 Å². The van der Waals surface area contributed by atoms with Crippen molar-refractivity contribution in [2.45, 2.75) is 31.6 Å². The molecule has 0 saturated carbocycles. The zero-order valence-corrected chi connectivity index (χ0v) is 19.6. The largest absolute Gasteiger partial charge is 0.445 e. The average molecular weight is 490 g/mol. The van der Waals surface area contributed by atoms with Gasteiger partial charge in [0, 0.05) is 12.1 Å². The predicted octanol–water partition coefficient (Wildman–Crippen LogP) is 4.82. The van der Waals surface area contributed by atoms with Crippen LogP contribution < -0.4 is 11.1 Å². The van der Waals surface area contributed by atoms with E-state index in [4.69, 9.17) is 22.1 Å². The SMILES string of the molecule is CC(O)(CN)c1cc(C(C)(CF)NC(=O)OCc2ccccc2)cc(-c2ccc(F)c(Cl)c2)n1. The molecule has 0 aliphatic heterocycles. The van der Waals surface area contributed by atoms with E-state index >= 15 is 0 Å². The van der Waals surface area contributed by atoms with E-state index in [2.05, 4.69) is 10.3 Å². The number of carbonyl (C=O) groups is 1. The molecule has 1 heterocycles. The van der Waals surface area contributed by atoms with E-state index in [1.807, 2.05) is 18.2 Å². The number of rotatable bonds is 8. The van der Waals surface area contributed by atoms with Crippen LogP contribution in [0.2, 0.25) is 5.02 Å². The van der Waals surface area contributed by atoms with Crippen molar-refractivity contribution in [2.24, 2.45) is 5.73 Å². The number of aliphatic hydroxyl groups is 1. The quantitative estimate of drug-likeness (QED) is 0.421. The van der Waals surface area contributed by atoms with E-state index in [0.717, 1.165) is 5.56 Å². The van der Waals surface area contributed by atoms with Crippen molar-refractivity contribution in [1.82, 2.24) is 10.3 Å². The van der Waals surface area contributed by atoms with Crippen LogP contribution in [-0.2, 0) is 22.5 Å². The molecule has 6 nitrogen and oxygen atoms in total. The molecule has 2 aromatic carbocycles. The minimum atomic E-state index is -1.54. The number of alkyl halides is 1. The summed E-state index contributed by atoms with van der Waals surface area (Å²) in [6.07, 6.45) is -0.820. The van der Waals surface area contributed by atoms with Crippen LogP contribution >= 0.6 is 11.6 Å². The minimum Gasteiger partial charge on any atom is -0.445 e. The van der Waals surface area contributed by atoms with Gasteiger partial charge in [0.2, 0.25) is 0 Å². The molecule has 4 N–H and O–H groups in total. The maximum absolute atomic E-state index is 14.4. The fraction of sp³-hybridized carbons (Fsp3) is 0.280. The van der Waals surface area contributed by atoms with Crippen LogP contribution in [0.5, 0.6) is 0 Å². The van der Waals surface area contributed by atoms with Gasteiger partial charge in [-0.05, 0) is 55.3 Å². The molecule has 0 fully saturated rings. The average Bonchev–Trinajstić information content (AvgIpc) is 2.84. The molecule has 180 valence electrons. The van der Waals surface area contributed by atoms with Gasteiger partial charge in [-0.1, -0.05) is 41.9 Å². The van der Waals surface area contributed by atoms with Gasteiger partial charge in [-0.2, -0.15) is 0 Å². The van der Waals surface area contributed by atoms with Crippen molar-refractivity contribution in [2.75, 3.05) is 13.2 Å². The first kappa shape index (κ1) is 25.6. The Bertz CT molecular complexity index is 1160. The Labute approximate surface area is 201 Å². The smallest absolute Gasteiger partial charge is 0.408 e. The van der Waals surface area contributed by atoms with Gasteiger partial charge in [-0.15, -0.1) is 0 Å². The maximum Gasteiger partial charge on any atom is 0.408 e. The molecule has 0 radical (unpaired) electrons. The molecule has 0 saturated heterocycles. The summed E-state index contributed by atoms with van der Waals surface area (Å²) < 4.78 is 33.3. The number of nitrogens with two attached hydrogens (primary N) is 1. The summed E-state index contributed by atoms with van der Waals surface area (Å²) in [5.41, 5.74) is 4.63. The van der Waals surface area contributed by atoms with Gasteiger partial charge in [0.1, 0.15) is 24.7 Å². The molecule has 2 unspecified atom stereocenters. The number of nitrogens with zero attached hydrogens (tertiary/aromatic N) is 1. The Morgan fingerprint density at radius 3 is 2.50 bits per heavy atom. The normalized spacial score (nSPS) is 14.7. The highest BCUT2D eigenvalue weighted by Crippen LogP contribution is 2.32. The van der Waals surface area contributed by atoms with E-state index in [1.165, 1.54) is 44.2 Å². The molecule has 9 heteroatoms. The molecule has 0 bridgehead atoms. The Morgan fingerprint density at radius 1 is 1.18 bits per heavy atom. The second-order valence-corrected chi connectivity index (χ2v) is 8.79. The predicted molar refractivity (Wildman–Crippen MR) is 126 cm³/mol. The number of aromatic nitrogens is 1. The van der Waals surface area contributed by atoms with Crippen LogP contribution in [0, 0.1) is 5.82 Å². The Hall–Kier alpha value is -3.07. The highest BCUT2D eigenvalue weighted by atomic mass is 35.5. The van der Waals surface area contributed by atoms with Gasteiger partial charge in [0.15, 0.2) is 0 Å². The minimum absolute atomic E-state index is 0.0118. The summed E-state index contributed by atoms with van der Waals surface area (Å²) in [6.45, 7) is 1.82. The van der Waals surface area contributed by atoms with Crippen LogP contribution in [-0.4, -0.2) is 29.4 Å². The Kier molecular flexibility index (Phi) is 7.86. The number of halogens is 3. The molecule has 3 rings (SSSR count). The van der Waals surface area contributed by atoms with Gasteiger partial charge >= 0.3 is 6.09 Å². The number of hydrogen-bond acceptors (Lipinski definition) is 5. The zero-order chi connectivity index (χ0) is 24.9. The second-order valence-electron chi connectivity index (χ2n) is 8.39. The highest BCUT2D eigenvalue weighted by molar-refractivity contribution is 6.31. The number of hydrogen-bond donors (Lipinski definition) is 3. The van der Waals surface area contributed by atoms with Gasteiger partial charge in [-0.25, -0.2) is 18.6 Å². The lowest BCUT2D eigenvalue weighted by atomic mass is 9.89. The van der Waals surface area contributed by atoms with Crippen LogP contribution in [0.1, 0.15) is 30.7 Å². The summed E-state index contributed by atoms with van der Waals surface area (Å²) in [6, 6.07) is 16.1. The van der Waals surface area contributed by atoms with Crippen molar-refractivity contribution in [1.29, 1.82) is 0 Å². The molecule has 1 amide bonds. The van der Waals surface area contributed by atoms with Crippen LogP contribution in [0.25, 0.3) is 11.3 Å². The van der Waals surface area contributed by atoms with E-state index in [1.54, 1.807) is 12.1 Å². The molecule has 0 aliphatic rings.